The van der Waals surface area contributed by atoms with Crippen LogP contribution in [0.3, 0.4) is 0 Å². The Morgan fingerprint density at radius 3 is 2.61 bits per heavy atom. The van der Waals surface area contributed by atoms with Crippen LogP contribution in [0.15, 0.2) is 60.3 Å². The second-order valence-electron chi connectivity index (χ2n) is 6.94. The fourth-order valence-corrected chi connectivity index (χ4v) is 3.63. The van der Waals surface area contributed by atoms with Crippen molar-refractivity contribution in [3.8, 4) is 11.5 Å². The van der Waals surface area contributed by atoms with E-state index >= 15 is 0 Å². The van der Waals surface area contributed by atoms with Crippen molar-refractivity contribution in [3.05, 3.63) is 72.1 Å². The van der Waals surface area contributed by atoms with Crippen molar-refractivity contribution in [1.82, 2.24) is 14.8 Å². The summed E-state index contributed by atoms with van der Waals surface area (Å²) in [6, 6.07) is 13.5. The van der Waals surface area contributed by atoms with Crippen molar-refractivity contribution in [2.45, 2.75) is 32.2 Å². The zero-order chi connectivity index (χ0) is 22.2. The van der Waals surface area contributed by atoms with E-state index in [-0.39, 0.29) is 18.3 Å². The molecule has 2 aromatic carbocycles. The summed E-state index contributed by atoms with van der Waals surface area (Å²) < 4.78 is 13.0. The lowest BCUT2D eigenvalue weighted by atomic mass is 10.2. The van der Waals surface area contributed by atoms with Crippen LogP contribution in [-0.4, -0.2) is 33.5 Å². The average molecular weight is 439 g/mol. The zero-order valence-electron chi connectivity index (χ0n) is 17.9. The number of aryl methyl sites for hydroxylation is 2. The molecule has 3 aromatic rings. The SMILES string of the molecule is C=CCn1c(COc2ccc(C)cc2)nnc1SCC(=O)Nc1cc(C)ccc1OC. The van der Waals surface area contributed by atoms with Crippen molar-refractivity contribution in [2.75, 3.05) is 18.2 Å². The maximum atomic E-state index is 12.5. The monoisotopic (exact) mass is 438 g/mol. The third-order valence-electron chi connectivity index (χ3n) is 4.46. The van der Waals surface area contributed by atoms with Crippen LogP contribution in [-0.2, 0) is 17.9 Å². The van der Waals surface area contributed by atoms with Gasteiger partial charge in [-0.2, -0.15) is 0 Å². The van der Waals surface area contributed by atoms with Gasteiger partial charge in [-0.15, -0.1) is 16.8 Å². The number of hydrogen-bond acceptors (Lipinski definition) is 6. The number of benzene rings is 2. The molecule has 1 aromatic heterocycles. The average Bonchev–Trinajstić information content (AvgIpc) is 3.14. The van der Waals surface area contributed by atoms with Crippen molar-refractivity contribution in [1.29, 1.82) is 0 Å². The number of anilines is 1. The molecule has 0 atom stereocenters. The number of nitrogens with zero attached hydrogens (tertiary/aromatic N) is 3. The van der Waals surface area contributed by atoms with E-state index in [4.69, 9.17) is 9.47 Å². The van der Waals surface area contributed by atoms with Crippen LogP contribution in [0, 0.1) is 13.8 Å². The second-order valence-corrected chi connectivity index (χ2v) is 7.88. The lowest BCUT2D eigenvalue weighted by molar-refractivity contribution is -0.113. The minimum atomic E-state index is -0.153. The van der Waals surface area contributed by atoms with Crippen LogP contribution in [0.4, 0.5) is 5.69 Å². The van der Waals surface area contributed by atoms with E-state index in [9.17, 15) is 4.79 Å². The first-order chi connectivity index (χ1) is 15.0. The number of methoxy groups -OCH3 is 1. The van der Waals surface area contributed by atoms with Gasteiger partial charge in [-0.05, 0) is 43.7 Å². The summed E-state index contributed by atoms with van der Waals surface area (Å²) in [6.07, 6.45) is 1.76. The molecule has 0 unspecified atom stereocenters. The van der Waals surface area contributed by atoms with Gasteiger partial charge in [0, 0.05) is 6.54 Å². The summed E-state index contributed by atoms with van der Waals surface area (Å²) in [7, 11) is 1.58. The molecule has 8 heteroatoms. The molecule has 1 heterocycles. The fraction of sp³-hybridized carbons (Fsp3) is 0.261. The van der Waals surface area contributed by atoms with Crippen molar-refractivity contribution in [3.63, 3.8) is 0 Å². The second kappa shape index (κ2) is 10.7. The Labute approximate surface area is 186 Å². The lowest BCUT2D eigenvalue weighted by Crippen LogP contribution is -2.15. The topological polar surface area (TPSA) is 78.3 Å². The highest BCUT2D eigenvalue weighted by atomic mass is 32.2. The molecule has 0 fully saturated rings. The Kier molecular flexibility index (Phi) is 7.72. The molecule has 0 saturated heterocycles. The summed E-state index contributed by atoms with van der Waals surface area (Å²) in [5, 5.41) is 12.0. The first-order valence-corrected chi connectivity index (χ1v) is 10.8. The molecule has 0 spiro atoms. The van der Waals surface area contributed by atoms with Crippen LogP contribution in [0.2, 0.25) is 0 Å². The number of aromatic nitrogens is 3. The third kappa shape index (κ3) is 6.11. The molecule has 0 aliphatic rings. The highest BCUT2D eigenvalue weighted by Crippen LogP contribution is 2.26. The molecule has 31 heavy (non-hydrogen) atoms. The number of carbonyl (C=O) groups excluding carboxylic acids is 1. The normalized spacial score (nSPS) is 10.5. The number of carbonyl (C=O) groups is 1. The van der Waals surface area contributed by atoms with Crippen LogP contribution in [0.5, 0.6) is 11.5 Å². The zero-order valence-corrected chi connectivity index (χ0v) is 18.7. The predicted molar refractivity (Wildman–Crippen MR) is 123 cm³/mol. The number of rotatable bonds is 10. The molecular formula is C23H26N4O3S. The van der Waals surface area contributed by atoms with Crippen molar-refractivity contribution < 1.29 is 14.3 Å². The quantitative estimate of drug-likeness (QED) is 0.373. The minimum absolute atomic E-state index is 0.153. The summed E-state index contributed by atoms with van der Waals surface area (Å²) in [5.41, 5.74) is 2.85. The molecule has 3 rings (SSSR count). The van der Waals surface area contributed by atoms with E-state index in [2.05, 4.69) is 22.1 Å². The van der Waals surface area contributed by atoms with Crippen LogP contribution in [0.1, 0.15) is 17.0 Å². The van der Waals surface area contributed by atoms with E-state index in [0.717, 1.165) is 11.3 Å². The number of amides is 1. The molecule has 0 radical (unpaired) electrons. The molecule has 1 amide bonds. The van der Waals surface area contributed by atoms with E-state index in [1.165, 1.54) is 17.3 Å². The maximum absolute atomic E-state index is 12.5. The van der Waals surface area contributed by atoms with E-state index in [1.807, 2.05) is 60.9 Å². The Bertz CT molecular complexity index is 1050. The van der Waals surface area contributed by atoms with Gasteiger partial charge in [0.05, 0.1) is 18.6 Å². The number of nitrogens with one attached hydrogen (secondary N) is 1. The number of ether oxygens (including phenoxy) is 2. The van der Waals surface area contributed by atoms with E-state index in [1.54, 1.807) is 13.2 Å². The van der Waals surface area contributed by atoms with Crippen LogP contribution >= 0.6 is 11.8 Å². The predicted octanol–water partition coefficient (Wildman–Crippen LogP) is 4.40. The van der Waals surface area contributed by atoms with Gasteiger partial charge < -0.3 is 14.8 Å². The van der Waals surface area contributed by atoms with Gasteiger partial charge in [-0.1, -0.05) is 41.6 Å². The first-order valence-electron chi connectivity index (χ1n) is 9.80. The van der Waals surface area contributed by atoms with Crippen LogP contribution in [0.25, 0.3) is 0 Å². The molecular weight excluding hydrogens is 412 g/mol. The smallest absolute Gasteiger partial charge is 0.234 e. The minimum Gasteiger partial charge on any atom is -0.495 e. The van der Waals surface area contributed by atoms with Gasteiger partial charge in [0.15, 0.2) is 11.0 Å². The fourth-order valence-electron chi connectivity index (χ4n) is 2.86. The summed E-state index contributed by atoms with van der Waals surface area (Å²) in [4.78, 5) is 12.5. The van der Waals surface area contributed by atoms with Gasteiger partial charge in [0.25, 0.3) is 0 Å². The van der Waals surface area contributed by atoms with Crippen molar-refractivity contribution in [2.24, 2.45) is 0 Å². The number of allylic oxidation sites excluding steroid dienone is 1. The molecule has 0 bridgehead atoms. The van der Waals surface area contributed by atoms with Gasteiger partial charge >= 0.3 is 0 Å². The molecule has 0 saturated carbocycles. The van der Waals surface area contributed by atoms with Crippen LogP contribution < -0.4 is 14.8 Å². The summed E-state index contributed by atoms with van der Waals surface area (Å²) >= 11 is 1.31. The van der Waals surface area contributed by atoms with Crippen molar-refractivity contribution >= 4 is 23.4 Å². The third-order valence-corrected chi connectivity index (χ3v) is 5.42. The molecule has 0 aliphatic heterocycles. The highest BCUT2D eigenvalue weighted by molar-refractivity contribution is 7.99. The summed E-state index contributed by atoms with van der Waals surface area (Å²) in [6.45, 7) is 8.59. The summed E-state index contributed by atoms with van der Waals surface area (Å²) in [5.74, 6) is 2.09. The molecule has 0 aliphatic carbocycles. The first kappa shape index (κ1) is 22.4. The Morgan fingerprint density at radius 2 is 1.90 bits per heavy atom. The van der Waals surface area contributed by atoms with Gasteiger partial charge in [0.2, 0.25) is 5.91 Å². The highest BCUT2D eigenvalue weighted by Gasteiger charge is 2.15. The Morgan fingerprint density at radius 1 is 1.16 bits per heavy atom. The van der Waals surface area contributed by atoms with Gasteiger partial charge in [-0.25, -0.2) is 0 Å². The Hall–Kier alpha value is -3.26. The lowest BCUT2D eigenvalue weighted by Gasteiger charge is -2.11. The Balaban J connectivity index is 1.63. The van der Waals surface area contributed by atoms with Gasteiger partial charge in [-0.3, -0.25) is 9.36 Å². The number of hydrogen-bond donors (Lipinski definition) is 1. The largest absolute Gasteiger partial charge is 0.495 e. The molecule has 1 N–H and O–H groups in total. The molecule has 162 valence electrons. The maximum Gasteiger partial charge on any atom is 0.234 e. The number of thioether (sulfide) groups is 1. The standard InChI is InChI=1S/C23H26N4O3S/c1-5-12-27-21(14-30-18-9-6-16(2)7-10-18)25-26-23(27)31-15-22(28)24-19-13-17(3)8-11-20(19)29-4/h5-11,13H,1,12,14-15H2,2-4H3,(H,24,28). The molecule has 7 nitrogen and oxygen atoms in total. The van der Waals surface area contributed by atoms with E-state index in [0.29, 0.717) is 29.0 Å². The van der Waals surface area contributed by atoms with Gasteiger partial charge in [0.1, 0.15) is 18.1 Å². The van der Waals surface area contributed by atoms with E-state index < -0.39 is 0 Å².